The average Bonchev–Trinajstić information content (AvgIpc) is 3.42. The van der Waals surface area contributed by atoms with Gasteiger partial charge in [-0.05, 0) is 100 Å². The maximum Gasteiger partial charge on any atom is 0.158 e. The molecular formula is C28H38IN3O3. The van der Waals surface area contributed by atoms with Crippen molar-refractivity contribution in [1.29, 1.82) is 0 Å². The predicted molar refractivity (Wildman–Crippen MR) is 143 cm³/mol. The summed E-state index contributed by atoms with van der Waals surface area (Å²) in [5.41, 5.74) is 0.232. The third-order valence-electron chi connectivity index (χ3n) is 10.1. The highest BCUT2D eigenvalue weighted by Crippen LogP contribution is 2.64. The van der Waals surface area contributed by atoms with Crippen molar-refractivity contribution in [3.8, 4) is 0 Å². The van der Waals surface area contributed by atoms with Crippen molar-refractivity contribution in [3.63, 3.8) is 0 Å². The number of rotatable bonds is 6. The summed E-state index contributed by atoms with van der Waals surface area (Å²) in [7, 11) is 0. The molecule has 2 heterocycles. The fraction of sp³-hybridized carbons (Fsp3) is 0.750. The Morgan fingerprint density at radius 3 is 2.86 bits per heavy atom. The van der Waals surface area contributed by atoms with Crippen molar-refractivity contribution in [3.05, 3.63) is 24.7 Å². The van der Waals surface area contributed by atoms with E-state index in [1.807, 2.05) is 23.9 Å². The Labute approximate surface area is 221 Å². The van der Waals surface area contributed by atoms with Crippen LogP contribution in [0.3, 0.4) is 0 Å². The molecule has 0 bridgehead atoms. The van der Waals surface area contributed by atoms with Gasteiger partial charge in [-0.15, -0.1) is 0 Å². The van der Waals surface area contributed by atoms with Crippen molar-refractivity contribution in [2.75, 3.05) is 13.2 Å². The van der Waals surface area contributed by atoms with Gasteiger partial charge in [-0.25, -0.2) is 0 Å². The van der Waals surface area contributed by atoms with Crippen molar-refractivity contribution in [2.45, 2.75) is 80.3 Å². The van der Waals surface area contributed by atoms with Crippen molar-refractivity contribution >= 4 is 39.3 Å². The van der Waals surface area contributed by atoms with Crippen molar-refractivity contribution in [1.82, 2.24) is 14.8 Å². The van der Waals surface area contributed by atoms with Crippen LogP contribution in [0.4, 0.5) is 0 Å². The number of ether oxygens (including phenoxy) is 1. The van der Waals surface area contributed by atoms with E-state index in [1.165, 1.54) is 25.7 Å². The SMILES string of the molecule is CCOC[C@@]1(O)CC[C@H]2[C@@H](CC[C@@H]3[C@@H]2CC[C@]2(I)[C@@H](C(=O)Cn4cc5ccncc5n4)CC[C@@H]32)C1. The van der Waals surface area contributed by atoms with Gasteiger partial charge in [-0.1, -0.05) is 22.6 Å². The Morgan fingerprint density at radius 1 is 1.17 bits per heavy atom. The molecule has 0 amide bonds. The molecule has 4 saturated carbocycles. The van der Waals surface area contributed by atoms with Crippen LogP contribution in [0.2, 0.25) is 0 Å². The van der Waals surface area contributed by atoms with Gasteiger partial charge in [0.15, 0.2) is 5.78 Å². The molecule has 0 saturated heterocycles. The Morgan fingerprint density at radius 2 is 2.03 bits per heavy atom. The highest BCUT2D eigenvalue weighted by Gasteiger charge is 2.60. The van der Waals surface area contributed by atoms with Crippen LogP contribution in [0.25, 0.3) is 10.9 Å². The van der Waals surface area contributed by atoms with Crippen LogP contribution in [-0.4, -0.2) is 47.9 Å². The van der Waals surface area contributed by atoms with E-state index in [1.54, 1.807) is 12.4 Å². The molecule has 2 aromatic rings. The van der Waals surface area contributed by atoms with Crippen LogP contribution >= 0.6 is 22.6 Å². The number of carbonyl (C=O) groups excluding carboxylic acids is 1. The van der Waals surface area contributed by atoms with Crippen LogP contribution in [-0.2, 0) is 16.1 Å². The molecule has 8 atom stereocenters. The molecule has 4 aliphatic rings. The standard InChI is InChI=1S/C28H38IN3O3/c1-2-35-17-27(34)10-7-20-18(13-27)3-4-22-21(20)8-11-28(29)23(22)5-6-24(28)26(33)16-32-15-19-9-12-30-14-25(19)31-32/h9,12,14-15,18,20-24,34H,2-8,10-11,13,16-17H2,1H3/t18-,20-,21+,22+,23-,24+,27+,28+/m0/s1. The van der Waals surface area contributed by atoms with E-state index in [4.69, 9.17) is 4.74 Å². The quantitative estimate of drug-likeness (QED) is 0.369. The third kappa shape index (κ3) is 4.27. The molecule has 0 unspecified atom stereocenters. The van der Waals surface area contributed by atoms with Crippen LogP contribution < -0.4 is 0 Å². The zero-order valence-corrected chi connectivity index (χ0v) is 22.9. The summed E-state index contributed by atoms with van der Waals surface area (Å²) in [6, 6.07) is 1.95. The van der Waals surface area contributed by atoms with Gasteiger partial charge in [0.05, 0.1) is 24.9 Å². The molecule has 7 heteroatoms. The molecular weight excluding hydrogens is 553 g/mol. The lowest BCUT2D eigenvalue weighted by Crippen LogP contribution is -2.53. The lowest BCUT2D eigenvalue weighted by molar-refractivity contribution is -0.127. The number of Topliss-reactive ketones (excluding diaryl/α,β-unsaturated/α-hetero) is 1. The molecule has 4 fully saturated rings. The Kier molecular flexibility index (Phi) is 6.49. The van der Waals surface area contributed by atoms with E-state index in [0.717, 1.165) is 60.8 Å². The molecule has 6 nitrogen and oxygen atoms in total. The van der Waals surface area contributed by atoms with E-state index >= 15 is 0 Å². The van der Waals surface area contributed by atoms with E-state index < -0.39 is 5.60 Å². The first kappa shape index (κ1) is 24.3. The largest absolute Gasteiger partial charge is 0.387 e. The second kappa shape index (κ2) is 9.35. The summed E-state index contributed by atoms with van der Waals surface area (Å²) in [5.74, 6) is 4.05. The Bertz CT molecular complexity index is 1060. The molecule has 0 aromatic carbocycles. The maximum atomic E-state index is 13.6. The zero-order valence-electron chi connectivity index (χ0n) is 20.7. The highest BCUT2D eigenvalue weighted by molar-refractivity contribution is 14.1. The number of halogens is 1. The van der Waals surface area contributed by atoms with Gasteiger partial charge >= 0.3 is 0 Å². The number of aromatic nitrogens is 3. The van der Waals surface area contributed by atoms with Crippen LogP contribution in [0, 0.1) is 35.5 Å². The number of carbonyl (C=O) groups is 1. The van der Waals surface area contributed by atoms with E-state index in [2.05, 4.69) is 32.7 Å². The van der Waals surface area contributed by atoms with E-state index in [-0.39, 0.29) is 9.34 Å². The second-order valence-corrected chi connectivity index (χ2v) is 13.9. The summed E-state index contributed by atoms with van der Waals surface area (Å²) in [6.45, 7) is 3.54. The topological polar surface area (TPSA) is 77.2 Å². The van der Waals surface area contributed by atoms with Crippen molar-refractivity contribution in [2.24, 2.45) is 35.5 Å². The fourth-order valence-corrected chi connectivity index (χ4v) is 10.4. The average molecular weight is 592 g/mol. The molecule has 0 aliphatic heterocycles. The molecule has 190 valence electrons. The van der Waals surface area contributed by atoms with Crippen molar-refractivity contribution < 1.29 is 14.6 Å². The van der Waals surface area contributed by atoms with Crippen LogP contribution in [0.15, 0.2) is 24.7 Å². The first-order chi connectivity index (χ1) is 16.9. The van der Waals surface area contributed by atoms with Gasteiger partial charge in [0.25, 0.3) is 0 Å². The second-order valence-electron chi connectivity index (χ2n) is 11.9. The zero-order chi connectivity index (χ0) is 24.2. The van der Waals surface area contributed by atoms with E-state index in [9.17, 15) is 9.90 Å². The predicted octanol–water partition coefficient (Wildman–Crippen LogP) is 5.20. The fourth-order valence-electron chi connectivity index (χ4n) is 8.68. The Hall–Kier alpha value is -1.06. The van der Waals surface area contributed by atoms with Crippen LogP contribution in [0.1, 0.15) is 64.7 Å². The maximum absolute atomic E-state index is 13.6. The van der Waals surface area contributed by atoms with Gasteiger partial charge in [0.2, 0.25) is 0 Å². The third-order valence-corrected chi connectivity index (χ3v) is 12.2. The number of ketones is 1. The molecule has 1 N–H and O–H groups in total. The van der Waals surface area contributed by atoms with Gasteiger partial charge in [-0.2, -0.15) is 5.10 Å². The highest BCUT2D eigenvalue weighted by atomic mass is 127. The molecule has 4 aliphatic carbocycles. The molecule has 35 heavy (non-hydrogen) atoms. The summed E-state index contributed by atoms with van der Waals surface area (Å²) < 4.78 is 7.56. The minimum Gasteiger partial charge on any atom is -0.387 e. The first-order valence-corrected chi connectivity index (χ1v) is 14.8. The van der Waals surface area contributed by atoms with Gasteiger partial charge < -0.3 is 9.84 Å². The lowest BCUT2D eigenvalue weighted by atomic mass is 9.52. The summed E-state index contributed by atoms with van der Waals surface area (Å²) in [4.78, 5) is 17.7. The number of hydrogen-bond acceptors (Lipinski definition) is 5. The minimum atomic E-state index is -0.621. The number of pyridine rings is 1. The lowest BCUT2D eigenvalue weighted by Gasteiger charge is -2.56. The molecule has 6 rings (SSSR count). The number of nitrogens with zero attached hydrogens (tertiary/aromatic N) is 3. The van der Waals surface area contributed by atoms with Gasteiger partial charge in [-0.3, -0.25) is 14.5 Å². The van der Waals surface area contributed by atoms with E-state index in [0.29, 0.717) is 37.4 Å². The normalized spacial score (nSPS) is 40.8. The number of hydrogen-bond donors (Lipinski definition) is 1. The number of fused-ring (bicyclic) bond motifs is 6. The summed E-state index contributed by atoms with van der Waals surface area (Å²) in [5, 5.41) is 16.8. The Balaban J connectivity index is 1.14. The molecule has 0 spiro atoms. The van der Waals surface area contributed by atoms with Crippen LogP contribution in [0.5, 0.6) is 0 Å². The van der Waals surface area contributed by atoms with Gasteiger partial charge in [0, 0.05) is 33.7 Å². The summed E-state index contributed by atoms with van der Waals surface area (Å²) in [6.07, 6.45) is 15.6. The minimum absolute atomic E-state index is 0.0986. The summed E-state index contributed by atoms with van der Waals surface area (Å²) >= 11 is 2.72. The molecule has 0 radical (unpaired) electrons. The number of alkyl halides is 1. The molecule has 2 aromatic heterocycles. The number of aliphatic hydroxyl groups is 1. The first-order valence-electron chi connectivity index (χ1n) is 13.7. The smallest absolute Gasteiger partial charge is 0.158 e. The van der Waals surface area contributed by atoms with Gasteiger partial charge in [0.1, 0.15) is 5.52 Å². The monoisotopic (exact) mass is 591 g/mol.